The van der Waals surface area contributed by atoms with Crippen molar-refractivity contribution in [2.24, 2.45) is 0 Å². The number of halogens is 1. The molecule has 3 aromatic rings. The van der Waals surface area contributed by atoms with E-state index in [0.29, 0.717) is 12.5 Å². The van der Waals surface area contributed by atoms with E-state index in [2.05, 4.69) is 45.9 Å². The highest BCUT2D eigenvalue weighted by molar-refractivity contribution is 6.30. The molecule has 5 heteroatoms. The van der Waals surface area contributed by atoms with Crippen LogP contribution in [-0.4, -0.2) is 47.8 Å². The third-order valence-corrected chi connectivity index (χ3v) is 6.00. The van der Waals surface area contributed by atoms with Gasteiger partial charge < -0.3 is 14.2 Å². The smallest absolute Gasteiger partial charge is 0.113 e. The van der Waals surface area contributed by atoms with Crippen molar-refractivity contribution in [1.29, 1.82) is 0 Å². The van der Waals surface area contributed by atoms with E-state index in [0.717, 1.165) is 56.0 Å². The van der Waals surface area contributed by atoms with Crippen molar-refractivity contribution in [3.8, 4) is 0 Å². The predicted octanol–water partition coefficient (Wildman–Crippen LogP) is 4.76. The van der Waals surface area contributed by atoms with Crippen molar-refractivity contribution in [2.45, 2.75) is 31.7 Å². The Bertz CT molecular complexity index is 915. The standard InChI is InChI=1S/C23H28ClN3O/c1-28-16-15-27-22-8-3-2-7-21(22)25-23(27)19-10-13-26(14-11-19)12-9-18-5-4-6-20(24)17-18/h2-8,17,19H,9-16H2,1H3. The lowest BCUT2D eigenvalue weighted by atomic mass is 9.95. The lowest BCUT2D eigenvalue weighted by Gasteiger charge is -2.32. The number of aromatic nitrogens is 2. The molecule has 0 radical (unpaired) electrons. The summed E-state index contributed by atoms with van der Waals surface area (Å²) in [6.07, 6.45) is 3.37. The van der Waals surface area contributed by atoms with Crippen molar-refractivity contribution in [3.05, 3.63) is 64.9 Å². The molecule has 0 amide bonds. The number of para-hydroxylation sites is 2. The van der Waals surface area contributed by atoms with Crippen LogP contribution in [0.3, 0.4) is 0 Å². The number of nitrogens with zero attached hydrogens (tertiary/aromatic N) is 3. The first-order valence-electron chi connectivity index (χ1n) is 10.2. The molecule has 0 atom stereocenters. The van der Waals surface area contributed by atoms with Gasteiger partial charge in [0.2, 0.25) is 0 Å². The van der Waals surface area contributed by atoms with Gasteiger partial charge in [0.1, 0.15) is 5.82 Å². The third kappa shape index (κ3) is 4.40. The fourth-order valence-corrected chi connectivity index (χ4v) is 4.43. The summed E-state index contributed by atoms with van der Waals surface area (Å²) in [6.45, 7) is 4.91. The molecule has 1 aromatic heterocycles. The Labute approximate surface area is 172 Å². The Morgan fingerprint density at radius 2 is 1.89 bits per heavy atom. The summed E-state index contributed by atoms with van der Waals surface area (Å²) in [5.74, 6) is 1.75. The normalized spacial score (nSPS) is 16.1. The van der Waals surface area contributed by atoms with Crippen LogP contribution >= 0.6 is 11.6 Å². The number of rotatable bonds is 7. The number of imidazole rings is 1. The van der Waals surface area contributed by atoms with E-state index < -0.39 is 0 Å². The van der Waals surface area contributed by atoms with Crippen molar-refractivity contribution >= 4 is 22.6 Å². The molecule has 4 rings (SSSR count). The maximum atomic E-state index is 6.11. The lowest BCUT2D eigenvalue weighted by molar-refractivity contribution is 0.183. The summed E-state index contributed by atoms with van der Waals surface area (Å²) in [6, 6.07) is 16.7. The molecule has 28 heavy (non-hydrogen) atoms. The molecule has 0 aliphatic carbocycles. The van der Waals surface area contributed by atoms with Gasteiger partial charge in [0.25, 0.3) is 0 Å². The average molecular weight is 398 g/mol. The number of piperidine rings is 1. The van der Waals surface area contributed by atoms with Crippen LogP contribution in [0, 0.1) is 0 Å². The Kier molecular flexibility index (Phi) is 6.30. The van der Waals surface area contributed by atoms with Gasteiger partial charge in [-0.15, -0.1) is 0 Å². The molecule has 0 saturated carbocycles. The van der Waals surface area contributed by atoms with Gasteiger partial charge >= 0.3 is 0 Å². The number of methoxy groups -OCH3 is 1. The molecule has 1 saturated heterocycles. The lowest BCUT2D eigenvalue weighted by Crippen LogP contribution is -2.35. The van der Waals surface area contributed by atoms with Gasteiger partial charge in [-0.05, 0) is 62.2 Å². The van der Waals surface area contributed by atoms with Gasteiger partial charge in [-0.2, -0.15) is 0 Å². The van der Waals surface area contributed by atoms with Crippen molar-refractivity contribution in [2.75, 3.05) is 33.4 Å². The molecule has 2 heterocycles. The SMILES string of the molecule is COCCn1c(C2CCN(CCc3cccc(Cl)c3)CC2)nc2ccccc21. The third-order valence-electron chi connectivity index (χ3n) is 5.76. The van der Waals surface area contributed by atoms with Gasteiger partial charge in [-0.1, -0.05) is 35.9 Å². The van der Waals surface area contributed by atoms with E-state index in [1.54, 1.807) is 7.11 Å². The van der Waals surface area contributed by atoms with Crippen molar-refractivity contribution in [3.63, 3.8) is 0 Å². The highest BCUT2D eigenvalue weighted by Crippen LogP contribution is 2.30. The zero-order valence-corrected chi connectivity index (χ0v) is 17.2. The highest BCUT2D eigenvalue weighted by Gasteiger charge is 2.25. The fraction of sp³-hybridized carbons (Fsp3) is 0.435. The Balaban J connectivity index is 1.40. The summed E-state index contributed by atoms with van der Waals surface area (Å²) in [5.41, 5.74) is 3.63. The van der Waals surface area contributed by atoms with Crippen molar-refractivity contribution < 1.29 is 4.74 Å². The minimum atomic E-state index is 0.520. The van der Waals surface area contributed by atoms with Gasteiger partial charge in [-0.25, -0.2) is 4.98 Å². The number of hydrogen-bond donors (Lipinski definition) is 0. The van der Waals surface area contributed by atoms with Crippen LogP contribution in [0.4, 0.5) is 0 Å². The van der Waals surface area contributed by atoms with Crippen LogP contribution in [0.2, 0.25) is 5.02 Å². The molecule has 1 aliphatic rings. The Morgan fingerprint density at radius 1 is 1.07 bits per heavy atom. The molecular formula is C23H28ClN3O. The first-order chi connectivity index (χ1) is 13.7. The number of benzene rings is 2. The molecule has 148 valence electrons. The van der Waals surface area contributed by atoms with Crippen LogP contribution in [-0.2, 0) is 17.7 Å². The maximum absolute atomic E-state index is 6.11. The van der Waals surface area contributed by atoms with Crippen LogP contribution in [0.5, 0.6) is 0 Å². The summed E-state index contributed by atoms with van der Waals surface area (Å²) in [7, 11) is 1.76. The van der Waals surface area contributed by atoms with E-state index in [1.807, 2.05) is 12.1 Å². The predicted molar refractivity (Wildman–Crippen MR) is 115 cm³/mol. The topological polar surface area (TPSA) is 30.3 Å². The molecule has 1 fully saturated rings. The number of fused-ring (bicyclic) bond motifs is 1. The summed E-state index contributed by atoms with van der Waals surface area (Å²) < 4.78 is 7.71. The van der Waals surface area contributed by atoms with Gasteiger partial charge in [-0.3, -0.25) is 0 Å². The number of likely N-dealkylation sites (tertiary alicyclic amines) is 1. The first kappa shape index (κ1) is 19.4. The second kappa shape index (κ2) is 9.08. The largest absolute Gasteiger partial charge is 0.383 e. The second-order valence-corrected chi connectivity index (χ2v) is 8.04. The Hall–Kier alpha value is -1.88. The number of ether oxygens (including phenoxy) is 1. The van der Waals surface area contributed by atoms with Crippen LogP contribution in [0.1, 0.15) is 30.1 Å². The monoisotopic (exact) mass is 397 g/mol. The molecule has 4 nitrogen and oxygen atoms in total. The van der Waals surface area contributed by atoms with Crippen molar-refractivity contribution in [1.82, 2.24) is 14.5 Å². The van der Waals surface area contributed by atoms with Crippen LogP contribution in [0.15, 0.2) is 48.5 Å². The summed E-state index contributed by atoms with van der Waals surface area (Å²) in [5, 5.41) is 0.825. The average Bonchev–Trinajstić information content (AvgIpc) is 3.10. The second-order valence-electron chi connectivity index (χ2n) is 7.60. The molecule has 2 aromatic carbocycles. The Morgan fingerprint density at radius 3 is 2.68 bits per heavy atom. The highest BCUT2D eigenvalue weighted by atomic mass is 35.5. The molecule has 0 spiro atoms. The minimum Gasteiger partial charge on any atom is -0.383 e. The van der Waals surface area contributed by atoms with Crippen LogP contribution < -0.4 is 0 Å². The fourth-order valence-electron chi connectivity index (χ4n) is 4.22. The number of hydrogen-bond acceptors (Lipinski definition) is 3. The molecular weight excluding hydrogens is 370 g/mol. The molecule has 1 aliphatic heterocycles. The van der Waals surface area contributed by atoms with Gasteiger partial charge in [0.05, 0.1) is 17.6 Å². The van der Waals surface area contributed by atoms with Gasteiger partial charge in [0.15, 0.2) is 0 Å². The van der Waals surface area contributed by atoms with E-state index in [-0.39, 0.29) is 0 Å². The van der Waals surface area contributed by atoms with E-state index in [1.165, 1.54) is 16.9 Å². The zero-order valence-electron chi connectivity index (χ0n) is 16.5. The van der Waals surface area contributed by atoms with Gasteiger partial charge in [0, 0.05) is 31.1 Å². The van der Waals surface area contributed by atoms with Crippen LogP contribution in [0.25, 0.3) is 11.0 Å². The first-order valence-corrected chi connectivity index (χ1v) is 10.5. The summed E-state index contributed by atoms with van der Waals surface area (Å²) in [4.78, 5) is 7.56. The van der Waals surface area contributed by atoms with E-state index in [4.69, 9.17) is 21.3 Å². The van der Waals surface area contributed by atoms with E-state index >= 15 is 0 Å². The minimum absolute atomic E-state index is 0.520. The van der Waals surface area contributed by atoms with E-state index in [9.17, 15) is 0 Å². The molecule has 0 bridgehead atoms. The maximum Gasteiger partial charge on any atom is 0.113 e. The zero-order chi connectivity index (χ0) is 19.3. The summed E-state index contributed by atoms with van der Waals surface area (Å²) >= 11 is 6.11. The molecule has 0 unspecified atom stereocenters. The molecule has 0 N–H and O–H groups in total. The quantitative estimate of drug-likeness (QED) is 0.575.